The van der Waals surface area contributed by atoms with Crippen LogP contribution in [0.5, 0.6) is 0 Å². The van der Waals surface area contributed by atoms with Gasteiger partial charge in [0.15, 0.2) is 0 Å². The number of hydrogen-bond acceptors (Lipinski definition) is 4. The Hall–Kier alpha value is -1.55. The van der Waals surface area contributed by atoms with Crippen molar-refractivity contribution in [3.05, 3.63) is 24.0 Å². The molecule has 0 saturated carbocycles. The third-order valence-electron chi connectivity index (χ3n) is 4.79. The lowest BCUT2D eigenvalue weighted by Crippen LogP contribution is -2.53. The van der Waals surface area contributed by atoms with E-state index in [9.17, 15) is 18.0 Å². The van der Waals surface area contributed by atoms with E-state index >= 15 is 0 Å². The number of likely N-dealkylation sites (tertiary alicyclic amines) is 1. The molecule has 1 saturated heterocycles. The number of imidazole rings is 1. The molecule has 3 rings (SSSR count). The Balaban J connectivity index is 0.00000196. The van der Waals surface area contributed by atoms with Gasteiger partial charge < -0.3 is 16.0 Å². The summed E-state index contributed by atoms with van der Waals surface area (Å²) < 4.78 is 38.1. The molecule has 1 amide bonds. The van der Waals surface area contributed by atoms with Gasteiger partial charge in [-0.1, -0.05) is 13.8 Å². The van der Waals surface area contributed by atoms with Gasteiger partial charge >= 0.3 is 6.18 Å². The standard InChI is InChI=1S/C17H22F3N5O.2ClH/c1-16(2)9-25(6-5-13(16)21)8-14(26)22-10-3-4-11-12(7-10)24-15(23-11)17(18,19)20;;/h3-4,7,13H,5-6,8-9,21H2,1-2H3,(H,22,26)(H,23,24);2*1H. The first-order chi connectivity index (χ1) is 12.0. The molecule has 6 nitrogen and oxygen atoms in total. The molecule has 1 aliphatic rings. The first-order valence-electron chi connectivity index (χ1n) is 8.39. The van der Waals surface area contributed by atoms with Crippen LogP contribution in [-0.2, 0) is 11.0 Å². The smallest absolute Gasteiger partial charge is 0.334 e. The molecule has 0 radical (unpaired) electrons. The second-order valence-electron chi connectivity index (χ2n) is 7.46. The number of alkyl halides is 3. The Kier molecular flexibility index (Phi) is 7.74. The number of amides is 1. The lowest BCUT2D eigenvalue weighted by atomic mass is 9.80. The Morgan fingerprint density at radius 3 is 2.68 bits per heavy atom. The summed E-state index contributed by atoms with van der Waals surface area (Å²) in [7, 11) is 0. The van der Waals surface area contributed by atoms with Gasteiger partial charge in [0, 0.05) is 24.8 Å². The van der Waals surface area contributed by atoms with Crippen molar-refractivity contribution in [2.24, 2.45) is 11.1 Å². The number of benzene rings is 1. The summed E-state index contributed by atoms with van der Waals surface area (Å²) in [6, 6.07) is 4.54. The van der Waals surface area contributed by atoms with E-state index in [1.165, 1.54) is 18.2 Å². The molecule has 158 valence electrons. The SMILES string of the molecule is CC1(C)CN(CC(=O)Nc2ccc3nc(C(F)(F)F)[nH]c3c2)CCC1N.Cl.Cl. The molecule has 0 aliphatic carbocycles. The van der Waals surface area contributed by atoms with Crippen LogP contribution in [0.15, 0.2) is 18.2 Å². The first-order valence-corrected chi connectivity index (χ1v) is 8.39. The summed E-state index contributed by atoms with van der Waals surface area (Å²) >= 11 is 0. The fourth-order valence-electron chi connectivity index (χ4n) is 3.25. The zero-order valence-corrected chi connectivity index (χ0v) is 17.1. The average Bonchev–Trinajstić information content (AvgIpc) is 2.94. The van der Waals surface area contributed by atoms with Crippen LogP contribution in [0.2, 0.25) is 0 Å². The van der Waals surface area contributed by atoms with E-state index < -0.39 is 12.0 Å². The minimum atomic E-state index is -4.54. The molecule has 0 bridgehead atoms. The maximum Gasteiger partial charge on any atom is 0.449 e. The topological polar surface area (TPSA) is 87.0 Å². The zero-order valence-electron chi connectivity index (χ0n) is 15.5. The molecule has 1 fully saturated rings. The predicted octanol–water partition coefficient (Wildman–Crippen LogP) is 3.42. The van der Waals surface area contributed by atoms with Crippen LogP contribution in [-0.4, -0.2) is 46.5 Å². The summed E-state index contributed by atoms with van der Waals surface area (Å²) in [6.07, 6.45) is -3.72. The van der Waals surface area contributed by atoms with Crippen molar-refractivity contribution in [3.63, 3.8) is 0 Å². The van der Waals surface area contributed by atoms with Crippen molar-refractivity contribution in [2.75, 3.05) is 25.0 Å². The molecule has 2 heterocycles. The van der Waals surface area contributed by atoms with Gasteiger partial charge in [-0.3, -0.25) is 9.69 Å². The summed E-state index contributed by atoms with van der Waals surface area (Å²) in [6.45, 7) is 5.83. The largest absolute Gasteiger partial charge is 0.449 e. The Labute approximate surface area is 173 Å². The number of H-pyrrole nitrogens is 1. The lowest BCUT2D eigenvalue weighted by Gasteiger charge is -2.42. The number of nitrogens with one attached hydrogen (secondary N) is 2. The third kappa shape index (κ3) is 5.50. The first kappa shape index (κ1) is 24.5. The summed E-state index contributed by atoms with van der Waals surface area (Å²) in [4.78, 5) is 20.1. The number of halogens is 5. The van der Waals surface area contributed by atoms with Gasteiger partial charge in [-0.2, -0.15) is 13.2 Å². The average molecular weight is 442 g/mol. The lowest BCUT2D eigenvalue weighted by molar-refractivity contribution is -0.144. The van der Waals surface area contributed by atoms with Crippen LogP contribution >= 0.6 is 24.8 Å². The number of anilines is 1. The summed E-state index contributed by atoms with van der Waals surface area (Å²) in [5.41, 5.74) is 6.87. The van der Waals surface area contributed by atoms with E-state index in [0.29, 0.717) is 5.69 Å². The Morgan fingerprint density at radius 2 is 2.07 bits per heavy atom. The normalized spacial score (nSPS) is 19.6. The molecule has 1 atom stereocenters. The van der Waals surface area contributed by atoms with Crippen molar-refractivity contribution in [1.82, 2.24) is 14.9 Å². The van der Waals surface area contributed by atoms with Gasteiger partial charge in [0.1, 0.15) is 0 Å². The van der Waals surface area contributed by atoms with Crippen LogP contribution < -0.4 is 11.1 Å². The maximum absolute atomic E-state index is 12.7. The molecule has 2 aromatic rings. The molecule has 28 heavy (non-hydrogen) atoms. The number of rotatable bonds is 3. The quantitative estimate of drug-likeness (QED) is 0.680. The number of nitrogens with two attached hydrogens (primary N) is 1. The molecule has 1 unspecified atom stereocenters. The third-order valence-corrected chi connectivity index (χ3v) is 4.79. The molecule has 1 aromatic heterocycles. The maximum atomic E-state index is 12.7. The molecule has 0 spiro atoms. The highest BCUT2D eigenvalue weighted by atomic mass is 35.5. The number of carbonyl (C=O) groups excluding carboxylic acids is 1. The second kappa shape index (κ2) is 8.86. The van der Waals surface area contributed by atoms with Crippen molar-refractivity contribution >= 4 is 47.4 Å². The summed E-state index contributed by atoms with van der Waals surface area (Å²) in [5.74, 6) is -1.27. The van der Waals surface area contributed by atoms with Crippen LogP contribution in [0.1, 0.15) is 26.1 Å². The zero-order chi connectivity index (χ0) is 19.1. The molecule has 11 heteroatoms. The van der Waals surface area contributed by atoms with Gasteiger partial charge in [0.05, 0.1) is 17.6 Å². The van der Waals surface area contributed by atoms with Crippen LogP contribution in [0, 0.1) is 5.41 Å². The van der Waals surface area contributed by atoms with E-state index in [4.69, 9.17) is 5.73 Å². The number of nitrogens with zero attached hydrogens (tertiary/aromatic N) is 2. The highest BCUT2D eigenvalue weighted by Gasteiger charge is 2.35. The van der Waals surface area contributed by atoms with E-state index in [0.717, 1.165) is 19.5 Å². The number of carbonyl (C=O) groups is 1. The van der Waals surface area contributed by atoms with Crippen molar-refractivity contribution < 1.29 is 18.0 Å². The molecular weight excluding hydrogens is 418 g/mol. The highest BCUT2D eigenvalue weighted by Crippen LogP contribution is 2.30. The van der Waals surface area contributed by atoms with E-state index in [-0.39, 0.29) is 59.8 Å². The van der Waals surface area contributed by atoms with Crippen LogP contribution in [0.4, 0.5) is 18.9 Å². The van der Waals surface area contributed by atoms with E-state index in [1.54, 1.807) is 0 Å². The number of aromatic nitrogens is 2. The van der Waals surface area contributed by atoms with Crippen LogP contribution in [0.3, 0.4) is 0 Å². The van der Waals surface area contributed by atoms with Crippen molar-refractivity contribution in [3.8, 4) is 0 Å². The molecular formula is C17H24Cl2F3N5O. The minimum Gasteiger partial charge on any atom is -0.334 e. The fourth-order valence-corrected chi connectivity index (χ4v) is 3.25. The summed E-state index contributed by atoms with van der Waals surface area (Å²) in [5, 5.41) is 2.73. The fraction of sp³-hybridized carbons (Fsp3) is 0.529. The number of aromatic amines is 1. The minimum absolute atomic E-state index is 0. The van der Waals surface area contributed by atoms with Gasteiger partial charge in [0.2, 0.25) is 11.7 Å². The van der Waals surface area contributed by atoms with Gasteiger partial charge in [0.25, 0.3) is 0 Å². The Bertz CT molecular complexity index is 825. The van der Waals surface area contributed by atoms with Gasteiger partial charge in [-0.15, -0.1) is 24.8 Å². The van der Waals surface area contributed by atoms with Crippen molar-refractivity contribution in [1.29, 1.82) is 0 Å². The van der Waals surface area contributed by atoms with Gasteiger partial charge in [-0.05, 0) is 30.0 Å². The second-order valence-corrected chi connectivity index (χ2v) is 7.46. The predicted molar refractivity (Wildman–Crippen MR) is 107 cm³/mol. The van der Waals surface area contributed by atoms with E-state index in [2.05, 4.69) is 29.1 Å². The molecule has 1 aromatic carbocycles. The van der Waals surface area contributed by atoms with Crippen LogP contribution in [0.25, 0.3) is 11.0 Å². The van der Waals surface area contributed by atoms with Gasteiger partial charge in [-0.25, -0.2) is 4.98 Å². The molecule has 4 N–H and O–H groups in total. The number of piperidine rings is 1. The van der Waals surface area contributed by atoms with E-state index in [1.807, 2.05) is 4.90 Å². The Morgan fingerprint density at radius 1 is 1.39 bits per heavy atom. The number of hydrogen-bond donors (Lipinski definition) is 3. The van der Waals surface area contributed by atoms with Crippen molar-refractivity contribution in [2.45, 2.75) is 32.5 Å². The molecule has 1 aliphatic heterocycles. The highest BCUT2D eigenvalue weighted by molar-refractivity contribution is 5.94. The number of fused-ring (bicyclic) bond motifs is 1. The monoisotopic (exact) mass is 441 g/mol.